The van der Waals surface area contributed by atoms with Gasteiger partial charge in [0, 0.05) is 17.6 Å². The Morgan fingerprint density at radius 1 is 1.53 bits per heavy atom. The number of morpholine rings is 1. The van der Waals surface area contributed by atoms with Crippen molar-refractivity contribution in [3.8, 4) is 0 Å². The van der Waals surface area contributed by atoms with Gasteiger partial charge in [0.1, 0.15) is 0 Å². The Hall–Kier alpha value is -0.660. The molecule has 19 heavy (non-hydrogen) atoms. The molecule has 1 fully saturated rings. The van der Waals surface area contributed by atoms with Gasteiger partial charge in [-0.1, -0.05) is 11.6 Å². The maximum Gasteiger partial charge on any atom is 0.243 e. The molecule has 0 aromatic heterocycles. The predicted octanol–water partition coefficient (Wildman–Crippen LogP) is 1.24. The van der Waals surface area contributed by atoms with Crippen molar-refractivity contribution >= 4 is 21.6 Å². The first-order valence-electron chi connectivity index (χ1n) is 5.95. The van der Waals surface area contributed by atoms with Crippen LogP contribution in [-0.2, 0) is 21.4 Å². The molecule has 0 saturated carbocycles. The van der Waals surface area contributed by atoms with E-state index in [1.54, 1.807) is 6.92 Å². The van der Waals surface area contributed by atoms with E-state index in [2.05, 4.69) is 0 Å². The van der Waals surface area contributed by atoms with E-state index in [-0.39, 0.29) is 17.5 Å². The van der Waals surface area contributed by atoms with Crippen LogP contribution in [0.15, 0.2) is 23.1 Å². The molecule has 1 aliphatic rings. The lowest BCUT2D eigenvalue weighted by molar-refractivity contribution is 0.0392. The average molecular weight is 306 g/mol. The van der Waals surface area contributed by atoms with Crippen LogP contribution in [0, 0.1) is 0 Å². The van der Waals surface area contributed by atoms with Gasteiger partial charge in [-0.15, -0.1) is 0 Å². The molecule has 1 aromatic carbocycles. The Kier molecular flexibility index (Phi) is 4.47. The number of hydrogen-bond acceptors (Lipinski definition) is 4. The summed E-state index contributed by atoms with van der Waals surface area (Å²) in [6, 6.07) is 4.16. The predicted molar refractivity (Wildman–Crippen MR) is 71.5 cm³/mol. The molecular formula is C12H16ClNO4S. The second-order valence-electron chi connectivity index (χ2n) is 4.45. The first kappa shape index (κ1) is 14.7. The minimum atomic E-state index is -3.58. The van der Waals surface area contributed by atoms with Gasteiger partial charge in [0.05, 0.1) is 24.7 Å². The van der Waals surface area contributed by atoms with Gasteiger partial charge < -0.3 is 9.84 Å². The number of aliphatic hydroxyl groups excluding tert-OH is 1. The van der Waals surface area contributed by atoms with Gasteiger partial charge in [-0.25, -0.2) is 8.42 Å². The van der Waals surface area contributed by atoms with Crippen molar-refractivity contribution in [3.05, 3.63) is 28.8 Å². The molecule has 0 aliphatic carbocycles. The van der Waals surface area contributed by atoms with Crippen molar-refractivity contribution in [2.75, 3.05) is 19.8 Å². The quantitative estimate of drug-likeness (QED) is 0.912. The molecule has 1 saturated heterocycles. The monoisotopic (exact) mass is 305 g/mol. The van der Waals surface area contributed by atoms with Crippen LogP contribution in [0.3, 0.4) is 0 Å². The number of hydrogen-bond donors (Lipinski definition) is 1. The molecule has 0 bridgehead atoms. The highest BCUT2D eigenvalue weighted by atomic mass is 35.5. The standard InChI is InChI=1S/C12H16ClNO4S/c1-9-8-18-5-4-14(9)19(16,17)11-2-3-12(13)10(6-11)7-15/h2-3,6,9,15H,4-5,7-8H2,1H3. The smallest absolute Gasteiger partial charge is 0.243 e. The van der Waals surface area contributed by atoms with Gasteiger partial charge in [0.25, 0.3) is 0 Å². The zero-order valence-electron chi connectivity index (χ0n) is 10.5. The fourth-order valence-corrected chi connectivity index (χ4v) is 3.87. The fourth-order valence-electron chi connectivity index (χ4n) is 2.04. The number of nitrogens with zero attached hydrogens (tertiary/aromatic N) is 1. The molecule has 1 unspecified atom stereocenters. The highest BCUT2D eigenvalue weighted by molar-refractivity contribution is 7.89. The van der Waals surface area contributed by atoms with Crippen molar-refractivity contribution in [1.82, 2.24) is 4.31 Å². The number of sulfonamides is 1. The van der Waals surface area contributed by atoms with E-state index >= 15 is 0 Å². The summed E-state index contributed by atoms with van der Waals surface area (Å²) in [5, 5.41) is 9.52. The molecular weight excluding hydrogens is 290 g/mol. The summed E-state index contributed by atoms with van der Waals surface area (Å²) >= 11 is 5.87. The molecule has 0 amide bonds. The highest BCUT2D eigenvalue weighted by Gasteiger charge is 2.31. The fraction of sp³-hybridized carbons (Fsp3) is 0.500. The first-order chi connectivity index (χ1) is 8.96. The molecule has 1 N–H and O–H groups in total. The normalized spacial score (nSPS) is 21.5. The van der Waals surface area contributed by atoms with E-state index in [0.29, 0.717) is 30.3 Å². The van der Waals surface area contributed by atoms with E-state index in [1.165, 1.54) is 22.5 Å². The van der Waals surface area contributed by atoms with Crippen molar-refractivity contribution in [2.45, 2.75) is 24.5 Å². The Morgan fingerprint density at radius 3 is 2.89 bits per heavy atom. The summed E-state index contributed by atoms with van der Waals surface area (Å²) in [7, 11) is -3.58. The number of halogens is 1. The van der Waals surface area contributed by atoms with Crippen LogP contribution in [-0.4, -0.2) is 43.6 Å². The molecule has 0 spiro atoms. The Labute approximate surface area is 117 Å². The maximum absolute atomic E-state index is 12.5. The summed E-state index contributed by atoms with van der Waals surface area (Å²) in [5.74, 6) is 0. The summed E-state index contributed by atoms with van der Waals surface area (Å²) in [6.45, 7) is 2.63. The lowest BCUT2D eigenvalue weighted by Gasteiger charge is -2.32. The third-order valence-electron chi connectivity index (χ3n) is 3.10. The second kappa shape index (κ2) is 5.76. The van der Waals surface area contributed by atoms with Gasteiger partial charge in [0.2, 0.25) is 10.0 Å². The Morgan fingerprint density at radius 2 is 2.26 bits per heavy atom. The van der Waals surface area contributed by atoms with Crippen molar-refractivity contribution in [1.29, 1.82) is 0 Å². The van der Waals surface area contributed by atoms with E-state index in [9.17, 15) is 8.42 Å². The molecule has 7 heteroatoms. The van der Waals surface area contributed by atoms with Gasteiger partial charge in [-0.3, -0.25) is 0 Å². The molecule has 0 radical (unpaired) electrons. The summed E-state index contributed by atoms with van der Waals surface area (Å²) < 4.78 is 31.7. The zero-order chi connectivity index (χ0) is 14.0. The lowest BCUT2D eigenvalue weighted by Crippen LogP contribution is -2.46. The minimum Gasteiger partial charge on any atom is -0.392 e. The van der Waals surface area contributed by atoms with Gasteiger partial charge in [0.15, 0.2) is 0 Å². The topological polar surface area (TPSA) is 66.8 Å². The average Bonchev–Trinajstić information content (AvgIpc) is 2.39. The summed E-state index contributed by atoms with van der Waals surface area (Å²) in [4.78, 5) is 0.148. The third-order valence-corrected chi connectivity index (χ3v) is 5.48. The maximum atomic E-state index is 12.5. The van der Waals surface area contributed by atoms with Gasteiger partial charge in [-0.05, 0) is 30.7 Å². The molecule has 1 heterocycles. The lowest BCUT2D eigenvalue weighted by atomic mass is 10.2. The van der Waals surface area contributed by atoms with Crippen LogP contribution >= 0.6 is 11.6 Å². The molecule has 1 aliphatic heterocycles. The second-order valence-corrected chi connectivity index (χ2v) is 6.75. The molecule has 1 aromatic rings. The van der Waals surface area contributed by atoms with Crippen LogP contribution in [0.5, 0.6) is 0 Å². The van der Waals surface area contributed by atoms with Crippen molar-refractivity contribution < 1.29 is 18.3 Å². The first-order valence-corrected chi connectivity index (χ1v) is 7.77. The summed E-state index contributed by atoms with van der Waals surface area (Å²) in [5.41, 5.74) is 0.406. The number of aliphatic hydroxyl groups is 1. The minimum absolute atomic E-state index is 0.148. The van der Waals surface area contributed by atoms with Gasteiger partial charge >= 0.3 is 0 Å². The van der Waals surface area contributed by atoms with Crippen molar-refractivity contribution in [2.24, 2.45) is 0 Å². The highest BCUT2D eigenvalue weighted by Crippen LogP contribution is 2.25. The number of rotatable bonds is 3. The molecule has 5 nitrogen and oxygen atoms in total. The molecule has 106 valence electrons. The number of ether oxygens (including phenoxy) is 1. The zero-order valence-corrected chi connectivity index (χ0v) is 12.1. The van der Waals surface area contributed by atoms with E-state index in [4.69, 9.17) is 21.4 Å². The van der Waals surface area contributed by atoms with Crippen LogP contribution in [0.1, 0.15) is 12.5 Å². The third kappa shape index (κ3) is 2.93. The van der Waals surface area contributed by atoms with E-state index in [0.717, 1.165) is 0 Å². The molecule has 2 rings (SSSR count). The van der Waals surface area contributed by atoms with Crippen LogP contribution < -0.4 is 0 Å². The summed E-state index contributed by atoms with van der Waals surface area (Å²) in [6.07, 6.45) is 0. The Balaban J connectivity index is 2.38. The van der Waals surface area contributed by atoms with Crippen LogP contribution in [0.2, 0.25) is 5.02 Å². The van der Waals surface area contributed by atoms with Crippen molar-refractivity contribution in [3.63, 3.8) is 0 Å². The SMILES string of the molecule is CC1COCCN1S(=O)(=O)c1ccc(Cl)c(CO)c1. The largest absolute Gasteiger partial charge is 0.392 e. The van der Waals surface area contributed by atoms with Gasteiger partial charge in [-0.2, -0.15) is 4.31 Å². The van der Waals surface area contributed by atoms with Crippen LogP contribution in [0.4, 0.5) is 0 Å². The van der Waals surface area contributed by atoms with E-state index in [1.807, 2.05) is 0 Å². The van der Waals surface area contributed by atoms with E-state index < -0.39 is 10.0 Å². The molecule has 1 atom stereocenters. The van der Waals surface area contributed by atoms with Crippen LogP contribution in [0.25, 0.3) is 0 Å². The Bertz CT molecular complexity index is 561. The number of benzene rings is 1.